The highest BCUT2D eigenvalue weighted by atomic mass is 15.3. The summed E-state index contributed by atoms with van der Waals surface area (Å²) in [4.78, 5) is 0. The van der Waals surface area contributed by atoms with Crippen LogP contribution in [-0.2, 0) is 0 Å². The largest absolute Gasteiger partial charge is 0.310 e. The molecule has 0 aromatic rings. The first-order valence-corrected chi connectivity index (χ1v) is 2.15. The molecule has 2 nitrogen and oxygen atoms in total. The molecule has 1 atom stereocenters. The average molecular weight is 84.1 g/mol. The number of nitrogens with zero attached hydrogens (tertiary/aromatic N) is 1. The van der Waals surface area contributed by atoms with Crippen molar-refractivity contribution in [2.75, 3.05) is 6.54 Å². The second-order valence-corrected chi connectivity index (χ2v) is 1.62. The lowest BCUT2D eigenvalue weighted by Gasteiger charge is -1.88. The molecule has 0 aliphatic carbocycles. The maximum absolute atomic E-state index is 3.79. The van der Waals surface area contributed by atoms with Crippen LogP contribution in [0, 0.1) is 5.92 Å². The summed E-state index contributed by atoms with van der Waals surface area (Å²) in [6, 6.07) is 0. The summed E-state index contributed by atoms with van der Waals surface area (Å²) in [5.74, 6) is 0.644. The Morgan fingerprint density at radius 1 is 2.00 bits per heavy atom. The van der Waals surface area contributed by atoms with Gasteiger partial charge < -0.3 is 5.43 Å². The van der Waals surface area contributed by atoms with Gasteiger partial charge in [0.15, 0.2) is 0 Å². The highest BCUT2D eigenvalue weighted by molar-refractivity contribution is 5.61. The molecular formula is C4H8N2. The van der Waals surface area contributed by atoms with Gasteiger partial charge in [-0.25, -0.2) is 0 Å². The van der Waals surface area contributed by atoms with Gasteiger partial charge in [0, 0.05) is 18.7 Å². The molecular weight excluding hydrogens is 76.1 g/mol. The van der Waals surface area contributed by atoms with Gasteiger partial charge in [-0.2, -0.15) is 5.10 Å². The smallest absolute Gasteiger partial charge is 0.0405 e. The summed E-state index contributed by atoms with van der Waals surface area (Å²) >= 11 is 0. The molecule has 0 saturated heterocycles. The predicted molar refractivity (Wildman–Crippen MR) is 25.7 cm³/mol. The lowest BCUT2D eigenvalue weighted by atomic mass is 10.2. The van der Waals surface area contributed by atoms with Crippen molar-refractivity contribution in [2.45, 2.75) is 6.92 Å². The second-order valence-electron chi connectivity index (χ2n) is 1.62. The highest BCUT2D eigenvalue weighted by Gasteiger charge is 1.99. The maximum Gasteiger partial charge on any atom is 0.0405 e. The van der Waals surface area contributed by atoms with Gasteiger partial charge in [0.25, 0.3) is 0 Å². The SMILES string of the molecule is CC1C=NNC1. The lowest BCUT2D eigenvalue weighted by Crippen LogP contribution is -2.05. The molecule has 0 spiro atoms. The molecule has 1 aliphatic heterocycles. The zero-order valence-corrected chi connectivity index (χ0v) is 3.81. The van der Waals surface area contributed by atoms with Crippen LogP contribution in [0.25, 0.3) is 0 Å². The van der Waals surface area contributed by atoms with Crippen molar-refractivity contribution in [2.24, 2.45) is 11.0 Å². The van der Waals surface area contributed by atoms with E-state index in [4.69, 9.17) is 0 Å². The third-order valence-corrected chi connectivity index (χ3v) is 0.834. The van der Waals surface area contributed by atoms with E-state index in [-0.39, 0.29) is 0 Å². The van der Waals surface area contributed by atoms with Gasteiger partial charge >= 0.3 is 0 Å². The van der Waals surface area contributed by atoms with Crippen LogP contribution in [0.5, 0.6) is 0 Å². The van der Waals surface area contributed by atoms with Crippen LogP contribution in [0.3, 0.4) is 0 Å². The highest BCUT2D eigenvalue weighted by Crippen LogP contribution is 1.90. The third-order valence-electron chi connectivity index (χ3n) is 0.834. The van der Waals surface area contributed by atoms with Crippen molar-refractivity contribution in [3.63, 3.8) is 0 Å². The van der Waals surface area contributed by atoms with Crippen molar-refractivity contribution < 1.29 is 0 Å². The molecule has 2 heteroatoms. The minimum atomic E-state index is 0.644. The summed E-state index contributed by atoms with van der Waals surface area (Å²) in [7, 11) is 0. The molecule has 0 bridgehead atoms. The van der Waals surface area contributed by atoms with Crippen LogP contribution in [0.2, 0.25) is 0 Å². The van der Waals surface area contributed by atoms with E-state index in [0.29, 0.717) is 5.92 Å². The number of nitrogens with one attached hydrogen (secondary N) is 1. The Morgan fingerprint density at radius 3 is 3.00 bits per heavy atom. The summed E-state index contributed by atoms with van der Waals surface area (Å²) < 4.78 is 0. The van der Waals surface area contributed by atoms with Crippen LogP contribution < -0.4 is 5.43 Å². The molecule has 1 heterocycles. The van der Waals surface area contributed by atoms with Gasteiger partial charge in [-0.15, -0.1) is 0 Å². The summed E-state index contributed by atoms with van der Waals surface area (Å²) in [6.07, 6.45) is 1.92. The second kappa shape index (κ2) is 1.29. The summed E-state index contributed by atoms with van der Waals surface area (Å²) in [5.41, 5.74) is 2.84. The predicted octanol–water partition coefficient (Wildman–Crippen LogP) is 0.211. The lowest BCUT2D eigenvalue weighted by molar-refractivity contribution is 0.710. The quantitative estimate of drug-likeness (QED) is 0.446. The van der Waals surface area contributed by atoms with Crippen molar-refractivity contribution in [1.82, 2.24) is 5.43 Å². The van der Waals surface area contributed by atoms with E-state index in [0.717, 1.165) is 6.54 Å². The fourth-order valence-electron chi connectivity index (χ4n) is 0.429. The topological polar surface area (TPSA) is 24.4 Å². The summed E-state index contributed by atoms with van der Waals surface area (Å²) in [5, 5.41) is 3.79. The first kappa shape index (κ1) is 3.65. The van der Waals surface area contributed by atoms with Gasteiger partial charge in [0.2, 0.25) is 0 Å². The van der Waals surface area contributed by atoms with Crippen LogP contribution in [-0.4, -0.2) is 12.8 Å². The van der Waals surface area contributed by atoms with Crippen molar-refractivity contribution in [3.8, 4) is 0 Å². The number of rotatable bonds is 0. The number of hydrogen-bond donors (Lipinski definition) is 1. The Bertz CT molecular complexity index is 67.9. The van der Waals surface area contributed by atoms with Crippen LogP contribution in [0.4, 0.5) is 0 Å². The van der Waals surface area contributed by atoms with Crippen LogP contribution in [0.1, 0.15) is 6.92 Å². The van der Waals surface area contributed by atoms with Gasteiger partial charge in [-0.1, -0.05) is 6.92 Å². The number of hydrogen-bond acceptors (Lipinski definition) is 2. The van der Waals surface area contributed by atoms with E-state index in [1.165, 1.54) is 0 Å². The average Bonchev–Trinajstić information content (AvgIpc) is 1.86. The molecule has 1 N–H and O–H groups in total. The molecule has 0 aromatic carbocycles. The van der Waals surface area contributed by atoms with E-state index in [9.17, 15) is 0 Å². The molecule has 1 unspecified atom stereocenters. The van der Waals surface area contributed by atoms with E-state index in [1.54, 1.807) is 0 Å². The van der Waals surface area contributed by atoms with E-state index < -0.39 is 0 Å². The minimum absolute atomic E-state index is 0.644. The Balaban J connectivity index is 2.38. The molecule has 0 radical (unpaired) electrons. The van der Waals surface area contributed by atoms with Crippen molar-refractivity contribution in [1.29, 1.82) is 0 Å². The molecule has 1 aliphatic rings. The maximum atomic E-state index is 3.79. The minimum Gasteiger partial charge on any atom is -0.310 e. The van der Waals surface area contributed by atoms with Crippen LogP contribution in [0.15, 0.2) is 5.10 Å². The van der Waals surface area contributed by atoms with Gasteiger partial charge in [-0.3, -0.25) is 0 Å². The summed E-state index contributed by atoms with van der Waals surface area (Å²) in [6.45, 7) is 3.14. The fourth-order valence-corrected chi connectivity index (χ4v) is 0.429. The Hall–Kier alpha value is -0.530. The number of hydrazone groups is 1. The molecule has 0 saturated carbocycles. The normalized spacial score (nSPS) is 30.5. The van der Waals surface area contributed by atoms with Gasteiger partial charge in [0.1, 0.15) is 0 Å². The Kier molecular flexibility index (Phi) is 0.783. The Labute approximate surface area is 37.2 Å². The van der Waals surface area contributed by atoms with Gasteiger partial charge in [0.05, 0.1) is 0 Å². The van der Waals surface area contributed by atoms with Gasteiger partial charge in [-0.05, 0) is 0 Å². The zero-order chi connectivity index (χ0) is 4.41. The van der Waals surface area contributed by atoms with E-state index in [2.05, 4.69) is 17.5 Å². The van der Waals surface area contributed by atoms with Crippen molar-refractivity contribution >= 4 is 6.21 Å². The van der Waals surface area contributed by atoms with Crippen LogP contribution >= 0.6 is 0 Å². The first-order chi connectivity index (χ1) is 2.89. The Morgan fingerprint density at radius 2 is 2.83 bits per heavy atom. The molecule has 0 fully saturated rings. The molecule has 6 heavy (non-hydrogen) atoms. The molecule has 0 amide bonds. The molecule has 0 aromatic heterocycles. The fraction of sp³-hybridized carbons (Fsp3) is 0.750. The third kappa shape index (κ3) is 0.506. The monoisotopic (exact) mass is 84.1 g/mol. The molecule has 1 rings (SSSR count). The van der Waals surface area contributed by atoms with E-state index in [1.807, 2.05) is 6.21 Å². The first-order valence-electron chi connectivity index (χ1n) is 2.15. The zero-order valence-electron chi connectivity index (χ0n) is 3.81. The molecule has 34 valence electrons. The standard InChI is InChI=1S/C4H8N2/c1-4-2-5-6-3-4/h2,4,6H,3H2,1H3. The van der Waals surface area contributed by atoms with E-state index >= 15 is 0 Å². The van der Waals surface area contributed by atoms with Crippen molar-refractivity contribution in [3.05, 3.63) is 0 Å².